The van der Waals surface area contributed by atoms with Gasteiger partial charge in [0.2, 0.25) is 5.91 Å². The van der Waals surface area contributed by atoms with Crippen LogP contribution in [0.3, 0.4) is 0 Å². The molecule has 0 radical (unpaired) electrons. The van der Waals surface area contributed by atoms with Gasteiger partial charge in [0.25, 0.3) is 0 Å². The van der Waals surface area contributed by atoms with Crippen molar-refractivity contribution >= 4 is 39.7 Å². The van der Waals surface area contributed by atoms with Crippen LogP contribution < -0.4 is 11.1 Å². The predicted octanol–water partition coefficient (Wildman–Crippen LogP) is 5.21. The molecule has 1 unspecified atom stereocenters. The van der Waals surface area contributed by atoms with Gasteiger partial charge in [0, 0.05) is 15.5 Å². The number of nitriles is 1. The Labute approximate surface area is 178 Å². The second kappa shape index (κ2) is 8.73. The Morgan fingerprint density at radius 2 is 1.97 bits per heavy atom. The van der Waals surface area contributed by atoms with E-state index in [0.29, 0.717) is 27.9 Å². The van der Waals surface area contributed by atoms with Gasteiger partial charge in [-0.3, -0.25) is 4.79 Å². The molecule has 0 bridgehead atoms. The van der Waals surface area contributed by atoms with Crippen LogP contribution >= 0.6 is 23.1 Å². The van der Waals surface area contributed by atoms with E-state index in [4.69, 9.17) is 5.73 Å². The topological polar surface area (TPSA) is 78.9 Å². The highest BCUT2D eigenvalue weighted by atomic mass is 32.2. The van der Waals surface area contributed by atoms with Crippen LogP contribution in [0.25, 0.3) is 0 Å². The summed E-state index contributed by atoms with van der Waals surface area (Å²) in [7, 11) is 0. The number of nitrogens with two attached hydrogens (primary N) is 1. The van der Waals surface area contributed by atoms with Crippen molar-refractivity contribution in [2.45, 2.75) is 30.1 Å². The summed E-state index contributed by atoms with van der Waals surface area (Å²) in [6.45, 7) is 0. The first kappa shape index (κ1) is 19.6. The summed E-state index contributed by atoms with van der Waals surface area (Å²) in [4.78, 5) is 14.7. The second-order valence-corrected chi connectivity index (χ2v) is 9.23. The van der Waals surface area contributed by atoms with Crippen molar-refractivity contribution in [3.8, 4) is 6.07 Å². The number of nitrogens with zero attached hydrogens (tertiary/aromatic N) is 1. The van der Waals surface area contributed by atoms with Gasteiger partial charge in [-0.05, 0) is 60.6 Å². The summed E-state index contributed by atoms with van der Waals surface area (Å²) >= 11 is 3.01. The summed E-state index contributed by atoms with van der Waals surface area (Å²) in [5.41, 5.74) is 9.50. The molecular formula is C23H21N3OS2. The van der Waals surface area contributed by atoms with Crippen LogP contribution in [-0.2, 0) is 17.6 Å². The van der Waals surface area contributed by atoms with Crippen LogP contribution in [0.1, 0.15) is 33.9 Å². The maximum absolute atomic E-state index is 12.5. The largest absolute Gasteiger partial charge is 0.399 e. The molecule has 29 heavy (non-hydrogen) atoms. The molecule has 4 nitrogen and oxygen atoms in total. The third-order valence-electron chi connectivity index (χ3n) is 5.15. The third-order valence-corrected chi connectivity index (χ3v) is 7.33. The van der Waals surface area contributed by atoms with E-state index in [1.54, 1.807) is 11.3 Å². The normalized spacial score (nSPS) is 15.3. The van der Waals surface area contributed by atoms with Crippen molar-refractivity contribution in [1.29, 1.82) is 5.26 Å². The minimum absolute atomic E-state index is 0.0958. The maximum Gasteiger partial charge on any atom is 0.235 e. The molecular weight excluding hydrogens is 398 g/mol. The van der Waals surface area contributed by atoms with E-state index in [1.807, 2.05) is 30.3 Å². The van der Waals surface area contributed by atoms with E-state index in [0.717, 1.165) is 29.7 Å². The number of thioether (sulfide) groups is 1. The van der Waals surface area contributed by atoms with Crippen LogP contribution in [0.15, 0.2) is 59.5 Å². The lowest BCUT2D eigenvalue weighted by Gasteiger charge is -2.22. The Morgan fingerprint density at radius 3 is 2.69 bits per heavy atom. The first-order valence-corrected chi connectivity index (χ1v) is 11.3. The number of thiophene rings is 1. The number of benzene rings is 2. The zero-order valence-electron chi connectivity index (χ0n) is 15.9. The molecule has 0 saturated carbocycles. The van der Waals surface area contributed by atoms with Gasteiger partial charge in [0.1, 0.15) is 11.1 Å². The molecule has 1 aliphatic carbocycles. The number of fused-ring (bicyclic) bond motifs is 1. The number of hydrogen-bond donors (Lipinski definition) is 2. The quantitative estimate of drug-likeness (QED) is 0.440. The first-order valence-electron chi connectivity index (χ1n) is 9.52. The smallest absolute Gasteiger partial charge is 0.235 e. The second-order valence-electron chi connectivity index (χ2n) is 7.08. The molecule has 1 heterocycles. The molecule has 0 saturated heterocycles. The van der Waals surface area contributed by atoms with Crippen molar-refractivity contribution in [3.63, 3.8) is 0 Å². The Balaban J connectivity index is 1.45. The first-order chi connectivity index (χ1) is 14.1. The van der Waals surface area contributed by atoms with Gasteiger partial charge < -0.3 is 11.1 Å². The van der Waals surface area contributed by atoms with Crippen molar-refractivity contribution in [1.82, 2.24) is 0 Å². The van der Waals surface area contributed by atoms with Crippen LogP contribution in [0.4, 0.5) is 10.7 Å². The van der Waals surface area contributed by atoms with Gasteiger partial charge in [0.05, 0.1) is 11.3 Å². The van der Waals surface area contributed by atoms with Gasteiger partial charge in [-0.1, -0.05) is 30.3 Å². The number of carbonyl (C=O) groups excluding carboxylic acids is 1. The number of amides is 1. The predicted molar refractivity (Wildman–Crippen MR) is 120 cm³/mol. The fourth-order valence-electron chi connectivity index (χ4n) is 3.68. The van der Waals surface area contributed by atoms with Crippen LogP contribution in [0, 0.1) is 11.3 Å². The van der Waals surface area contributed by atoms with Crippen molar-refractivity contribution in [2.24, 2.45) is 0 Å². The maximum atomic E-state index is 12.5. The minimum Gasteiger partial charge on any atom is -0.399 e. The number of carbonyl (C=O) groups is 1. The Bertz CT molecular complexity index is 1050. The molecule has 0 spiro atoms. The van der Waals surface area contributed by atoms with Crippen LogP contribution in [0.5, 0.6) is 0 Å². The molecule has 6 heteroatoms. The zero-order chi connectivity index (χ0) is 20.2. The molecule has 0 aliphatic heterocycles. The number of nitrogens with one attached hydrogen (secondary N) is 1. The summed E-state index contributed by atoms with van der Waals surface area (Å²) in [5.74, 6) is 0.671. The highest BCUT2D eigenvalue weighted by Gasteiger charge is 2.27. The molecule has 146 valence electrons. The molecule has 4 rings (SSSR count). The number of nitrogen functional groups attached to an aromatic ring is 1. The van der Waals surface area contributed by atoms with Gasteiger partial charge >= 0.3 is 0 Å². The Kier molecular flexibility index (Phi) is 5.89. The lowest BCUT2D eigenvalue weighted by molar-refractivity contribution is -0.113. The van der Waals surface area contributed by atoms with Crippen LogP contribution in [0.2, 0.25) is 0 Å². The van der Waals surface area contributed by atoms with Gasteiger partial charge in [-0.25, -0.2) is 0 Å². The summed E-state index contributed by atoms with van der Waals surface area (Å²) in [5, 5.41) is 13.3. The highest BCUT2D eigenvalue weighted by molar-refractivity contribution is 8.00. The van der Waals surface area contributed by atoms with E-state index < -0.39 is 0 Å². The Morgan fingerprint density at radius 1 is 1.21 bits per heavy atom. The van der Waals surface area contributed by atoms with Crippen molar-refractivity contribution < 1.29 is 4.79 Å². The van der Waals surface area contributed by atoms with E-state index in [-0.39, 0.29) is 5.91 Å². The lowest BCUT2D eigenvalue weighted by Crippen LogP contribution is -2.14. The molecule has 1 aliphatic rings. The van der Waals surface area contributed by atoms with Gasteiger partial charge in [-0.2, -0.15) is 5.26 Å². The summed E-state index contributed by atoms with van der Waals surface area (Å²) < 4.78 is 0. The molecule has 3 aromatic rings. The van der Waals surface area contributed by atoms with Gasteiger partial charge in [0.15, 0.2) is 0 Å². The highest BCUT2D eigenvalue weighted by Crippen LogP contribution is 2.42. The molecule has 1 atom stereocenters. The SMILES string of the molecule is N#Cc1c(NC(=O)CSc2ccc(N)cc2)sc2c1CCC(c1ccccc1)C2. The average Bonchev–Trinajstić information content (AvgIpc) is 3.10. The number of anilines is 2. The van der Waals surface area contributed by atoms with E-state index >= 15 is 0 Å². The molecule has 1 aromatic heterocycles. The fraction of sp³-hybridized carbons (Fsp3) is 0.217. The summed E-state index contributed by atoms with van der Waals surface area (Å²) in [6, 6.07) is 20.3. The standard InChI is InChI=1S/C23H21N3OS2/c24-13-20-19-11-6-16(15-4-2-1-3-5-15)12-21(19)29-23(20)26-22(27)14-28-18-9-7-17(25)8-10-18/h1-5,7-10,16H,6,11-12,14,25H2,(H,26,27). The third kappa shape index (κ3) is 4.47. The average molecular weight is 420 g/mol. The number of hydrogen-bond acceptors (Lipinski definition) is 5. The van der Waals surface area contributed by atoms with E-state index in [1.165, 1.54) is 22.2 Å². The fourth-order valence-corrected chi connectivity index (χ4v) is 5.67. The van der Waals surface area contributed by atoms with E-state index in [9.17, 15) is 10.1 Å². The summed E-state index contributed by atoms with van der Waals surface area (Å²) in [6.07, 6.45) is 2.84. The van der Waals surface area contributed by atoms with Crippen molar-refractivity contribution in [2.75, 3.05) is 16.8 Å². The number of rotatable bonds is 5. The monoisotopic (exact) mass is 419 g/mol. The van der Waals surface area contributed by atoms with Gasteiger partial charge in [-0.15, -0.1) is 23.1 Å². The van der Waals surface area contributed by atoms with E-state index in [2.05, 4.69) is 35.7 Å². The molecule has 1 amide bonds. The molecule has 2 aromatic carbocycles. The van der Waals surface area contributed by atoms with Crippen molar-refractivity contribution in [3.05, 3.63) is 76.2 Å². The Hall–Kier alpha value is -2.75. The zero-order valence-corrected chi connectivity index (χ0v) is 17.5. The lowest BCUT2D eigenvalue weighted by atomic mass is 9.83. The minimum atomic E-state index is -0.0958. The molecule has 3 N–H and O–H groups in total. The van der Waals surface area contributed by atoms with Crippen LogP contribution in [-0.4, -0.2) is 11.7 Å². The molecule has 0 fully saturated rings.